The number of methoxy groups -OCH3 is 1. The molecule has 0 spiro atoms. The molecule has 2 heterocycles. The monoisotopic (exact) mass is 561 g/mol. The van der Waals surface area contributed by atoms with Gasteiger partial charge in [0.15, 0.2) is 0 Å². The van der Waals surface area contributed by atoms with E-state index in [0.717, 1.165) is 0 Å². The Balaban J connectivity index is 1.66. The normalized spacial score (nSPS) is 13.8. The molecule has 1 aromatic heterocycles. The van der Waals surface area contributed by atoms with Gasteiger partial charge in [0.25, 0.3) is 5.91 Å². The quantitative estimate of drug-likeness (QED) is 0.324. The van der Waals surface area contributed by atoms with Gasteiger partial charge >= 0.3 is 5.69 Å². The molecule has 40 heavy (non-hydrogen) atoms. The highest BCUT2D eigenvalue weighted by molar-refractivity contribution is 7.89. The summed E-state index contributed by atoms with van der Waals surface area (Å²) in [4.78, 5) is 30.1. The van der Waals surface area contributed by atoms with Crippen molar-refractivity contribution in [1.29, 1.82) is 0 Å². The van der Waals surface area contributed by atoms with Crippen LogP contribution in [-0.2, 0) is 16.6 Å². The fraction of sp³-hybridized carbons (Fsp3) is 0.241. The van der Waals surface area contributed by atoms with Gasteiger partial charge in [-0.1, -0.05) is 60.7 Å². The molecular weight excluding hydrogens is 530 g/mol. The molecule has 0 unspecified atom stereocenters. The molecule has 5 rings (SSSR count). The van der Waals surface area contributed by atoms with Gasteiger partial charge in [0, 0.05) is 44.8 Å². The number of piperazine rings is 1. The lowest BCUT2D eigenvalue weighted by molar-refractivity contribution is 0.0725. The summed E-state index contributed by atoms with van der Waals surface area (Å²) in [5.41, 5.74) is 1.30. The van der Waals surface area contributed by atoms with Gasteiger partial charge in [-0.25, -0.2) is 17.9 Å². The van der Waals surface area contributed by atoms with E-state index in [1.54, 1.807) is 47.4 Å². The zero-order valence-corrected chi connectivity index (χ0v) is 22.9. The van der Waals surface area contributed by atoms with Crippen molar-refractivity contribution in [2.24, 2.45) is 0 Å². The fourth-order valence-corrected chi connectivity index (χ4v) is 5.90. The summed E-state index contributed by atoms with van der Waals surface area (Å²) in [6.45, 7) is 2.11. The standard InChI is InChI=1S/C29H31N5O5S/c1-39-25-15-9-8-14-24(25)34-26(22-10-4-2-5-11-22)27(28(35)32-19-16-30-17-20-32)33(29(34)36)21-18-31-40(37,38)23-12-6-3-7-13-23/h2-15,30-31H,16-21H2,1H3. The Bertz CT molecular complexity index is 1640. The van der Waals surface area contributed by atoms with Gasteiger partial charge < -0.3 is 15.0 Å². The largest absolute Gasteiger partial charge is 0.495 e. The SMILES string of the molecule is COc1ccccc1-n1c(-c2ccccc2)c(C(=O)N2CCNCC2)n(CCNS(=O)(=O)c2ccccc2)c1=O. The van der Waals surface area contributed by atoms with Crippen molar-refractivity contribution < 1.29 is 17.9 Å². The molecule has 4 aromatic rings. The Morgan fingerprint density at radius 3 is 2.23 bits per heavy atom. The van der Waals surface area contributed by atoms with Crippen molar-refractivity contribution >= 4 is 15.9 Å². The molecule has 1 fully saturated rings. The molecule has 3 aromatic carbocycles. The third-order valence-corrected chi connectivity index (χ3v) is 8.28. The van der Waals surface area contributed by atoms with Crippen molar-refractivity contribution in [3.63, 3.8) is 0 Å². The molecule has 1 amide bonds. The van der Waals surface area contributed by atoms with Crippen LogP contribution in [-0.4, -0.2) is 68.2 Å². The Kier molecular flexibility index (Phi) is 8.15. The second kappa shape index (κ2) is 11.9. The van der Waals surface area contributed by atoms with Gasteiger partial charge in [-0.3, -0.25) is 13.9 Å². The van der Waals surface area contributed by atoms with E-state index in [2.05, 4.69) is 10.0 Å². The van der Waals surface area contributed by atoms with Crippen LogP contribution in [0.15, 0.2) is 94.6 Å². The zero-order valence-electron chi connectivity index (χ0n) is 22.1. The Labute approximate surface area is 232 Å². The minimum absolute atomic E-state index is 0.0555. The number of aromatic nitrogens is 2. The molecule has 11 heteroatoms. The minimum atomic E-state index is -3.81. The lowest BCUT2D eigenvalue weighted by atomic mass is 10.1. The number of hydrogen-bond donors (Lipinski definition) is 2. The van der Waals surface area contributed by atoms with E-state index in [1.165, 1.54) is 28.4 Å². The molecule has 0 atom stereocenters. The summed E-state index contributed by atoms with van der Waals surface area (Å²) in [6.07, 6.45) is 0. The van der Waals surface area contributed by atoms with E-state index in [9.17, 15) is 18.0 Å². The molecule has 1 aliphatic rings. The molecule has 208 valence electrons. The Hall–Kier alpha value is -4.19. The summed E-state index contributed by atoms with van der Waals surface area (Å²) in [5, 5.41) is 3.25. The molecule has 0 bridgehead atoms. The van der Waals surface area contributed by atoms with E-state index >= 15 is 0 Å². The molecule has 0 aliphatic carbocycles. The summed E-state index contributed by atoms with van der Waals surface area (Å²) >= 11 is 0. The van der Waals surface area contributed by atoms with Crippen molar-refractivity contribution in [1.82, 2.24) is 24.1 Å². The summed E-state index contributed by atoms with van der Waals surface area (Å²) in [6, 6.07) is 24.4. The molecular formula is C29H31N5O5S. The maximum atomic E-state index is 14.2. The van der Waals surface area contributed by atoms with Crippen molar-refractivity contribution in [2.45, 2.75) is 11.4 Å². The predicted molar refractivity (Wildman–Crippen MR) is 152 cm³/mol. The first-order valence-electron chi connectivity index (χ1n) is 13.0. The van der Waals surface area contributed by atoms with Crippen LogP contribution >= 0.6 is 0 Å². The number of benzene rings is 3. The first-order valence-corrected chi connectivity index (χ1v) is 14.5. The maximum Gasteiger partial charge on any atom is 0.334 e. The molecule has 1 saturated heterocycles. The fourth-order valence-electron chi connectivity index (χ4n) is 4.86. The number of nitrogens with one attached hydrogen (secondary N) is 2. The van der Waals surface area contributed by atoms with Crippen LogP contribution in [0.1, 0.15) is 10.5 Å². The van der Waals surface area contributed by atoms with Crippen LogP contribution in [0.5, 0.6) is 5.75 Å². The van der Waals surface area contributed by atoms with Gasteiger partial charge in [-0.2, -0.15) is 0 Å². The smallest absolute Gasteiger partial charge is 0.334 e. The second-order valence-electron chi connectivity index (χ2n) is 9.26. The summed E-state index contributed by atoms with van der Waals surface area (Å²) in [7, 11) is -2.29. The lowest BCUT2D eigenvalue weighted by Crippen LogP contribution is -2.47. The van der Waals surface area contributed by atoms with Crippen LogP contribution in [0, 0.1) is 0 Å². The topological polar surface area (TPSA) is 115 Å². The van der Waals surface area contributed by atoms with E-state index in [4.69, 9.17) is 4.74 Å². The number of para-hydroxylation sites is 2. The number of nitrogens with zero attached hydrogens (tertiary/aromatic N) is 3. The van der Waals surface area contributed by atoms with Crippen molar-refractivity contribution in [2.75, 3.05) is 39.8 Å². The van der Waals surface area contributed by atoms with Crippen LogP contribution < -0.4 is 20.5 Å². The highest BCUT2D eigenvalue weighted by Crippen LogP contribution is 2.31. The predicted octanol–water partition coefficient (Wildman–Crippen LogP) is 2.34. The number of hydrogen-bond acceptors (Lipinski definition) is 6. The van der Waals surface area contributed by atoms with Gasteiger partial charge in [0.2, 0.25) is 10.0 Å². The van der Waals surface area contributed by atoms with Gasteiger partial charge in [0.05, 0.1) is 23.4 Å². The van der Waals surface area contributed by atoms with E-state index in [1.807, 2.05) is 30.3 Å². The third-order valence-electron chi connectivity index (χ3n) is 6.80. The first kappa shape index (κ1) is 27.4. The lowest BCUT2D eigenvalue weighted by Gasteiger charge is -2.28. The molecule has 2 N–H and O–H groups in total. The molecule has 10 nitrogen and oxygen atoms in total. The van der Waals surface area contributed by atoms with Gasteiger partial charge in [-0.15, -0.1) is 0 Å². The highest BCUT2D eigenvalue weighted by Gasteiger charge is 2.31. The number of imidazole rings is 1. The van der Waals surface area contributed by atoms with Crippen LogP contribution in [0.2, 0.25) is 0 Å². The first-order chi connectivity index (χ1) is 19.4. The van der Waals surface area contributed by atoms with Crippen molar-refractivity contribution in [3.05, 3.63) is 101 Å². The van der Waals surface area contributed by atoms with Gasteiger partial charge in [0.1, 0.15) is 11.4 Å². The number of ether oxygens (including phenoxy) is 1. The Morgan fingerprint density at radius 1 is 0.925 bits per heavy atom. The average Bonchev–Trinajstić information content (AvgIpc) is 3.29. The minimum Gasteiger partial charge on any atom is -0.495 e. The number of sulfonamides is 1. The number of amides is 1. The summed E-state index contributed by atoms with van der Waals surface area (Å²) in [5.74, 6) is 0.168. The van der Waals surface area contributed by atoms with Crippen LogP contribution in [0.3, 0.4) is 0 Å². The molecule has 1 aliphatic heterocycles. The van der Waals surface area contributed by atoms with E-state index < -0.39 is 15.7 Å². The van der Waals surface area contributed by atoms with Crippen molar-refractivity contribution in [3.8, 4) is 22.7 Å². The molecule has 0 saturated carbocycles. The van der Waals surface area contributed by atoms with Gasteiger partial charge in [-0.05, 0) is 24.3 Å². The summed E-state index contributed by atoms with van der Waals surface area (Å²) < 4.78 is 36.7. The van der Waals surface area contributed by atoms with Crippen LogP contribution in [0.4, 0.5) is 0 Å². The van der Waals surface area contributed by atoms with Crippen LogP contribution in [0.25, 0.3) is 16.9 Å². The third kappa shape index (κ3) is 5.44. The number of carbonyl (C=O) groups is 1. The second-order valence-corrected chi connectivity index (χ2v) is 11.0. The number of rotatable bonds is 9. The molecule has 0 radical (unpaired) electrons. The van der Waals surface area contributed by atoms with E-state index in [-0.39, 0.29) is 29.6 Å². The van der Waals surface area contributed by atoms with E-state index in [0.29, 0.717) is 48.9 Å². The maximum absolute atomic E-state index is 14.2. The Morgan fingerprint density at radius 2 is 1.55 bits per heavy atom. The highest BCUT2D eigenvalue weighted by atomic mass is 32.2. The zero-order chi connectivity index (χ0) is 28.1. The number of carbonyl (C=O) groups excluding carboxylic acids is 1. The average molecular weight is 562 g/mol.